The zero-order valence-electron chi connectivity index (χ0n) is 17.9. The van der Waals surface area contributed by atoms with Gasteiger partial charge >= 0.3 is 0 Å². The maximum Gasteiger partial charge on any atom is 0.296 e. The van der Waals surface area contributed by atoms with Gasteiger partial charge in [-0.1, -0.05) is 48.5 Å². The van der Waals surface area contributed by atoms with Gasteiger partial charge in [-0.15, -0.1) is 0 Å². The average molecular weight is 446 g/mol. The van der Waals surface area contributed by atoms with Crippen molar-refractivity contribution in [3.63, 3.8) is 0 Å². The molecule has 3 aromatic carbocycles. The van der Waals surface area contributed by atoms with Crippen LogP contribution in [0.15, 0.2) is 112 Å². The van der Waals surface area contributed by atoms with Gasteiger partial charge in [-0.25, -0.2) is 4.98 Å². The highest BCUT2D eigenvalue weighted by Crippen LogP contribution is 2.41. The molecule has 1 aliphatic rings. The Hall–Kier alpha value is -4.71. The maximum absolute atomic E-state index is 13.6. The molecule has 0 unspecified atom stereocenters. The molecule has 2 aromatic heterocycles. The highest BCUT2D eigenvalue weighted by molar-refractivity contribution is 6.10. The van der Waals surface area contributed by atoms with Gasteiger partial charge in [0.1, 0.15) is 22.9 Å². The first-order chi connectivity index (χ1) is 16.7. The van der Waals surface area contributed by atoms with E-state index in [9.17, 15) is 9.59 Å². The van der Waals surface area contributed by atoms with Crippen molar-refractivity contribution in [3.05, 3.63) is 130 Å². The van der Waals surface area contributed by atoms with E-state index in [1.807, 2.05) is 54.6 Å². The van der Waals surface area contributed by atoms with Crippen LogP contribution in [0.5, 0.6) is 11.5 Å². The van der Waals surface area contributed by atoms with E-state index in [0.29, 0.717) is 39.4 Å². The number of para-hydroxylation sites is 2. The van der Waals surface area contributed by atoms with Crippen molar-refractivity contribution in [2.45, 2.75) is 6.04 Å². The summed E-state index contributed by atoms with van der Waals surface area (Å²) in [5, 5.41) is 0.429. The lowest BCUT2D eigenvalue weighted by Crippen LogP contribution is -2.30. The van der Waals surface area contributed by atoms with Crippen LogP contribution >= 0.6 is 0 Å². The number of hydrogen-bond acceptors (Lipinski definition) is 5. The zero-order valence-corrected chi connectivity index (χ0v) is 17.9. The van der Waals surface area contributed by atoms with Gasteiger partial charge in [-0.3, -0.25) is 14.5 Å². The molecule has 0 bridgehead atoms. The molecule has 34 heavy (non-hydrogen) atoms. The van der Waals surface area contributed by atoms with Crippen LogP contribution in [0, 0.1) is 0 Å². The number of carbonyl (C=O) groups is 1. The van der Waals surface area contributed by atoms with Gasteiger partial charge in [0.2, 0.25) is 5.76 Å². The summed E-state index contributed by atoms with van der Waals surface area (Å²) in [4.78, 5) is 33.1. The molecule has 0 fully saturated rings. The number of fused-ring (bicyclic) bond motifs is 2. The molecule has 0 saturated carbocycles. The van der Waals surface area contributed by atoms with E-state index in [-0.39, 0.29) is 11.2 Å². The molecule has 0 spiro atoms. The number of benzene rings is 3. The molecule has 1 atom stereocenters. The molecule has 5 aromatic rings. The molecule has 6 nitrogen and oxygen atoms in total. The topological polar surface area (TPSA) is 72.6 Å². The molecular formula is C28H18N2O4. The maximum atomic E-state index is 13.6. The smallest absolute Gasteiger partial charge is 0.296 e. The third kappa shape index (κ3) is 3.24. The first-order valence-electron chi connectivity index (χ1n) is 10.8. The Morgan fingerprint density at radius 3 is 2.38 bits per heavy atom. The summed E-state index contributed by atoms with van der Waals surface area (Å²) in [6, 6.07) is 28.4. The molecule has 0 radical (unpaired) electrons. The number of ether oxygens (including phenoxy) is 1. The molecule has 3 heterocycles. The van der Waals surface area contributed by atoms with Gasteiger partial charge < -0.3 is 9.15 Å². The van der Waals surface area contributed by atoms with Crippen molar-refractivity contribution in [2.24, 2.45) is 0 Å². The van der Waals surface area contributed by atoms with Crippen LogP contribution < -0.4 is 15.1 Å². The lowest BCUT2D eigenvalue weighted by atomic mass is 9.98. The predicted molar refractivity (Wildman–Crippen MR) is 128 cm³/mol. The minimum atomic E-state index is -0.711. The van der Waals surface area contributed by atoms with Gasteiger partial charge in [0.25, 0.3) is 5.91 Å². The zero-order chi connectivity index (χ0) is 23.1. The second-order valence-corrected chi connectivity index (χ2v) is 7.92. The normalized spacial score (nSPS) is 14.9. The number of pyridine rings is 1. The van der Waals surface area contributed by atoms with E-state index in [2.05, 4.69) is 4.98 Å². The number of amides is 1. The molecule has 6 rings (SSSR count). The number of aromatic nitrogens is 1. The highest BCUT2D eigenvalue weighted by atomic mass is 16.5. The highest BCUT2D eigenvalue weighted by Gasteiger charge is 2.44. The molecule has 1 amide bonds. The van der Waals surface area contributed by atoms with E-state index >= 15 is 0 Å². The average Bonchev–Trinajstić information content (AvgIpc) is 3.18. The summed E-state index contributed by atoms with van der Waals surface area (Å²) in [7, 11) is 0. The van der Waals surface area contributed by atoms with Crippen LogP contribution in [0.3, 0.4) is 0 Å². The molecule has 0 N–H and O–H groups in total. The first-order valence-corrected chi connectivity index (χ1v) is 10.8. The number of carbonyl (C=O) groups excluding carboxylic acids is 1. The second-order valence-electron chi connectivity index (χ2n) is 7.92. The lowest BCUT2D eigenvalue weighted by molar-refractivity contribution is 0.0970. The Morgan fingerprint density at radius 1 is 0.794 bits per heavy atom. The number of anilines is 1. The van der Waals surface area contributed by atoms with Gasteiger partial charge in [0.05, 0.1) is 17.0 Å². The van der Waals surface area contributed by atoms with Crippen LogP contribution in [0.2, 0.25) is 0 Å². The lowest BCUT2D eigenvalue weighted by Gasteiger charge is -2.24. The predicted octanol–water partition coefficient (Wildman–Crippen LogP) is 5.73. The fourth-order valence-electron chi connectivity index (χ4n) is 4.34. The van der Waals surface area contributed by atoms with Crippen LogP contribution in [0.25, 0.3) is 11.0 Å². The van der Waals surface area contributed by atoms with Crippen molar-refractivity contribution in [1.29, 1.82) is 0 Å². The van der Waals surface area contributed by atoms with Crippen molar-refractivity contribution in [1.82, 2.24) is 4.98 Å². The van der Waals surface area contributed by atoms with Gasteiger partial charge in [-0.2, -0.15) is 0 Å². The Bertz CT molecular complexity index is 1580. The summed E-state index contributed by atoms with van der Waals surface area (Å²) >= 11 is 0. The summed E-state index contributed by atoms with van der Waals surface area (Å²) in [6.07, 6.45) is 1.61. The van der Waals surface area contributed by atoms with Crippen molar-refractivity contribution in [3.8, 4) is 11.5 Å². The Balaban J connectivity index is 1.55. The molecule has 0 aliphatic carbocycles. The molecular weight excluding hydrogens is 428 g/mol. The standard InChI is InChI=1S/C28H18N2O4/c31-26-21-13-4-5-14-22(21)34-27-24(26)25(30(28(27)32)23-15-6-7-16-29-23)18-9-8-12-20(17-18)33-19-10-2-1-3-11-19/h1-17,25H/t25-/m0/s1. The number of nitrogens with zero attached hydrogens (tertiary/aromatic N) is 2. The van der Waals surface area contributed by atoms with Crippen LogP contribution in [0.4, 0.5) is 5.82 Å². The Morgan fingerprint density at radius 2 is 1.56 bits per heavy atom. The summed E-state index contributed by atoms with van der Waals surface area (Å²) in [5.74, 6) is 1.34. The van der Waals surface area contributed by atoms with E-state index in [1.165, 1.54) is 4.90 Å². The fourth-order valence-corrected chi connectivity index (χ4v) is 4.34. The van der Waals surface area contributed by atoms with E-state index < -0.39 is 11.9 Å². The van der Waals surface area contributed by atoms with Crippen molar-refractivity contribution >= 4 is 22.7 Å². The minimum Gasteiger partial charge on any atom is -0.457 e. The van der Waals surface area contributed by atoms with Gasteiger partial charge in [0.15, 0.2) is 5.43 Å². The monoisotopic (exact) mass is 446 g/mol. The second kappa shape index (κ2) is 8.01. The SMILES string of the molecule is O=C1c2oc3ccccc3c(=O)c2[C@H](c2cccc(Oc3ccccc3)c2)N1c1ccccn1. The summed E-state index contributed by atoms with van der Waals surface area (Å²) < 4.78 is 12.0. The van der Waals surface area contributed by atoms with Crippen LogP contribution in [-0.4, -0.2) is 10.9 Å². The Labute approximate surface area is 194 Å². The Kier molecular flexibility index (Phi) is 4.70. The quantitative estimate of drug-likeness (QED) is 0.353. The number of rotatable bonds is 4. The van der Waals surface area contributed by atoms with E-state index in [1.54, 1.807) is 48.7 Å². The van der Waals surface area contributed by atoms with Crippen molar-refractivity contribution in [2.75, 3.05) is 4.90 Å². The fraction of sp³-hybridized carbons (Fsp3) is 0.0357. The third-order valence-electron chi connectivity index (χ3n) is 5.83. The number of hydrogen-bond donors (Lipinski definition) is 0. The third-order valence-corrected chi connectivity index (χ3v) is 5.83. The largest absolute Gasteiger partial charge is 0.457 e. The molecule has 164 valence electrons. The van der Waals surface area contributed by atoms with E-state index in [4.69, 9.17) is 9.15 Å². The van der Waals surface area contributed by atoms with E-state index in [0.717, 1.165) is 0 Å². The van der Waals surface area contributed by atoms with Gasteiger partial charge in [-0.05, 0) is 54.1 Å². The van der Waals surface area contributed by atoms with Gasteiger partial charge in [0, 0.05) is 6.20 Å². The summed E-state index contributed by atoms with van der Waals surface area (Å²) in [5.41, 5.74) is 1.16. The van der Waals surface area contributed by atoms with Crippen LogP contribution in [-0.2, 0) is 0 Å². The summed E-state index contributed by atoms with van der Waals surface area (Å²) in [6.45, 7) is 0. The molecule has 6 heteroatoms. The van der Waals surface area contributed by atoms with Crippen molar-refractivity contribution < 1.29 is 13.9 Å². The molecule has 0 saturated heterocycles. The minimum absolute atomic E-state index is 0.0359. The van der Waals surface area contributed by atoms with Crippen LogP contribution in [0.1, 0.15) is 27.7 Å². The molecule has 1 aliphatic heterocycles. The first kappa shape index (κ1) is 19.9.